The second kappa shape index (κ2) is 8.59. The molecule has 0 N–H and O–H groups in total. The highest BCUT2D eigenvalue weighted by Crippen LogP contribution is 2.37. The maximum atomic E-state index is 13.1. The molecular weight excluding hydrogens is 395 g/mol. The maximum absolute atomic E-state index is 13.1. The summed E-state index contributed by atoms with van der Waals surface area (Å²) in [4.78, 5) is 16.9. The molecular formula is C22H24ClFN2O3. The van der Waals surface area contributed by atoms with Crippen LogP contribution < -0.4 is 9.47 Å². The third-order valence-corrected chi connectivity index (χ3v) is 5.95. The van der Waals surface area contributed by atoms with Crippen molar-refractivity contribution in [2.24, 2.45) is 0 Å². The minimum absolute atomic E-state index is 0.121. The predicted molar refractivity (Wildman–Crippen MR) is 109 cm³/mol. The lowest BCUT2D eigenvalue weighted by atomic mass is 10.1. The van der Waals surface area contributed by atoms with Crippen molar-refractivity contribution in [2.75, 3.05) is 26.4 Å². The van der Waals surface area contributed by atoms with Crippen molar-refractivity contribution in [2.45, 2.75) is 32.4 Å². The zero-order chi connectivity index (χ0) is 20.4. The van der Waals surface area contributed by atoms with Crippen LogP contribution in [0.1, 0.15) is 24.5 Å². The first-order valence-corrected chi connectivity index (χ1v) is 10.2. The number of ether oxygens (including phenoxy) is 2. The van der Waals surface area contributed by atoms with Gasteiger partial charge in [-0.1, -0.05) is 23.7 Å². The van der Waals surface area contributed by atoms with Crippen molar-refractivity contribution in [1.29, 1.82) is 0 Å². The molecule has 154 valence electrons. The lowest BCUT2D eigenvalue weighted by molar-refractivity contribution is -0.130. The number of carbonyl (C=O) groups is 1. The molecule has 7 heteroatoms. The standard InChI is InChI=1S/C22H24ClFN2O3/c1-15(10-16-2-4-18(24)5-3-16)25-7-6-22(27)26(9-8-25)13-17-11-20-21(12-19(17)23)29-14-28-20/h2-5,11-12,15H,6-10,13-14H2,1H3. The highest BCUT2D eigenvalue weighted by atomic mass is 35.5. The number of fused-ring (bicyclic) bond motifs is 1. The minimum Gasteiger partial charge on any atom is -0.454 e. The second-order valence-electron chi connectivity index (χ2n) is 7.58. The van der Waals surface area contributed by atoms with Crippen LogP contribution in [0.5, 0.6) is 11.5 Å². The molecule has 2 aromatic carbocycles. The van der Waals surface area contributed by atoms with Crippen LogP contribution in [0.4, 0.5) is 4.39 Å². The van der Waals surface area contributed by atoms with Crippen LogP contribution in [0, 0.1) is 5.82 Å². The molecule has 0 bridgehead atoms. The van der Waals surface area contributed by atoms with Crippen LogP contribution in [-0.2, 0) is 17.8 Å². The predicted octanol–water partition coefficient (Wildman–Crippen LogP) is 3.87. The smallest absolute Gasteiger partial charge is 0.231 e. The number of hydrogen-bond donors (Lipinski definition) is 0. The molecule has 1 fully saturated rings. The molecule has 0 saturated carbocycles. The monoisotopic (exact) mass is 418 g/mol. The van der Waals surface area contributed by atoms with Crippen molar-refractivity contribution >= 4 is 17.5 Å². The Morgan fingerprint density at radius 1 is 1.10 bits per heavy atom. The molecule has 2 aromatic rings. The number of carbonyl (C=O) groups excluding carboxylic acids is 1. The quantitative estimate of drug-likeness (QED) is 0.739. The Labute approximate surface area is 175 Å². The van der Waals surface area contributed by atoms with Crippen molar-refractivity contribution in [3.63, 3.8) is 0 Å². The lowest BCUT2D eigenvalue weighted by Gasteiger charge is -2.28. The van der Waals surface area contributed by atoms with Gasteiger partial charge in [-0.2, -0.15) is 0 Å². The zero-order valence-corrected chi connectivity index (χ0v) is 17.1. The van der Waals surface area contributed by atoms with Gasteiger partial charge in [-0.15, -0.1) is 0 Å². The molecule has 29 heavy (non-hydrogen) atoms. The lowest BCUT2D eigenvalue weighted by Crippen LogP contribution is -2.38. The Kier molecular flexibility index (Phi) is 5.92. The molecule has 1 unspecified atom stereocenters. The number of nitrogens with zero attached hydrogens (tertiary/aromatic N) is 2. The summed E-state index contributed by atoms with van der Waals surface area (Å²) in [6, 6.07) is 10.5. The highest BCUT2D eigenvalue weighted by molar-refractivity contribution is 6.31. The number of halogens is 2. The normalized spacial score (nSPS) is 18.0. The molecule has 0 radical (unpaired) electrons. The third-order valence-electron chi connectivity index (χ3n) is 5.59. The SMILES string of the molecule is CC(Cc1ccc(F)cc1)N1CCC(=O)N(Cc2cc3c(cc2Cl)OCO3)CC1. The molecule has 0 aliphatic carbocycles. The van der Waals surface area contributed by atoms with E-state index < -0.39 is 0 Å². The number of hydrogen-bond acceptors (Lipinski definition) is 4. The van der Waals surface area contributed by atoms with E-state index in [0.717, 1.165) is 24.1 Å². The van der Waals surface area contributed by atoms with E-state index in [4.69, 9.17) is 21.1 Å². The Bertz CT molecular complexity index is 890. The number of benzene rings is 2. The van der Waals surface area contributed by atoms with Gasteiger partial charge < -0.3 is 14.4 Å². The molecule has 1 amide bonds. The molecule has 4 rings (SSSR count). The summed E-state index contributed by atoms with van der Waals surface area (Å²) in [5, 5.41) is 0.577. The van der Waals surface area contributed by atoms with E-state index in [1.807, 2.05) is 23.1 Å². The Morgan fingerprint density at radius 3 is 2.59 bits per heavy atom. The summed E-state index contributed by atoms with van der Waals surface area (Å²) in [7, 11) is 0. The van der Waals surface area contributed by atoms with Crippen LogP contribution in [0.25, 0.3) is 0 Å². The summed E-state index contributed by atoms with van der Waals surface area (Å²) in [6.45, 7) is 4.94. The zero-order valence-electron chi connectivity index (χ0n) is 16.4. The summed E-state index contributed by atoms with van der Waals surface area (Å²) in [5.74, 6) is 1.21. The highest BCUT2D eigenvalue weighted by Gasteiger charge is 2.25. The van der Waals surface area contributed by atoms with E-state index in [-0.39, 0.29) is 24.6 Å². The number of rotatable bonds is 5. The molecule has 2 heterocycles. The fourth-order valence-electron chi connectivity index (χ4n) is 3.87. The van der Waals surface area contributed by atoms with E-state index >= 15 is 0 Å². The Hall–Kier alpha value is -2.31. The first-order valence-electron chi connectivity index (χ1n) is 9.84. The summed E-state index contributed by atoms with van der Waals surface area (Å²) >= 11 is 6.39. The third kappa shape index (κ3) is 4.65. The van der Waals surface area contributed by atoms with Crippen LogP contribution >= 0.6 is 11.6 Å². The largest absolute Gasteiger partial charge is 0.454 e. The second-order valence-corrected chi connectivity index (χ2v) is 7.98. The molecule has 2 aliphatic rings. The van der Waals surface area contributed by atoms with Crippen molar-refractivity contribution < 1.29 is 18.7 Å². The molecule has 1 saturated heterocycles. The van der Waals surface area contributed by atoms with Crippen molar-refractivity contribution in [1.82, 2.24) is 9.80 Å². The van der Waals surface area contributed by atoms with Gasteiger partial charge in [0.25, 0.3) is 0 Å². The van der Waals surface area contributed by atoms with Crippen LogP contribution in [0.3, 0.4) is 0 Å². The van der Waals surface area contributed by atoms with E-state index in [0.29, 0.717) is 42.6 Å². The molecule has 5 nitrogen and oxygen atoms in total. The van der Waals surface area contributed by atoms with Gasteiger partial charge >= 0.3 is 0 Å². The van der Waals surface area contributed by atoms with Crippen molar-refractivity contribution in [3.8, 4) is 11.5 Å². The average Bonchev–Trinajstić information content (AvgIpc) is 3.07. The molecule has 0 spiro atoms. The fourth-order valence-corrected chi connectivity index (χ4v) is 4.08. The van der Waals surface area contributed by atoms with E-state index in [1.54, 1.807) is 6.07 Å². The van der Waals surface area contributed by atoms with Gasteiger partial charge in [0.1, 0.15) is 5.82 Å². The van der Waals surface area contributed by atoms with Gasteiger partial charge in [-0.05, 0) is 42.7 Å². The summed E-state index contributed by atoms with van der Waals surface area (Å²) in [6.07, 6.45) is 1.29. The van der Waals surface area contributed by atoms with Gasteiger partial charge in [0.15, 0.2) is 11.5 Å². The summed E-state index contributed by atoms with van der Waals surface area (Å²) < 4.78 is 23.9. The maximum Gasteiger partial charge on any atom is 0.231 e. The first kappa shape index (κ1) is 20.0. The van der Waals surface area contributed by atoms with E-state index in [2.05, 4.69) is 11.8 Å². The first-order chi connectivity index (χ1) is 14.0. The van der Waals surface area contributed by atoms with Gasteiger partial charge in [0.2, 0.25) is 12.7 Å². The topological polar surface area (TPSA) is 42.0 Å². The Morgan fingerprint density at radius 2 is 1.83 bits per heavy atom. The van der Waals surface area contributed by atoms with Crippen LogP contribution in [0.15, 0.2) is 36.4 Å². The summed E-state index contributed by atoms with van der Waals surface area (Å²) in [5.41, 5.74) is 1.95. The van der Waals surface area contributed by atoms with E-state index in [1.165, 1.54) is 12.1 Å². The molecule has 2 aliphatic heterocycles. The Balaban J connectivity index is 1.39. The van der Waals surface area contributed by atoms with E-state index in [9.17, 15) is 9.18 Å². The van der Waals surface area contributed by atoms with Gasteiger partial charge in [0, 0.05) is 49.7 Å². The van der Waals surface area contributed by atoms with Crippen LogP contribution in [-0.4, -0.2) is 48.2 Å². The van der Waals surface area contributed by atoms with Gasteiger partial charge in [0.05, 0.1) is 0 Å². The average molecular weight is 419 g/mol. The minimum atomic E-state index is -0.223. The van der Waals surface area contributed by atoms with Crippen LogP contribution in [0.2, 0.25) is 5.02 Å². The van der Waals surface area contributed by atoms with Gasteiger partial charge in [-0.3, -0.25) is 9.69 Å². The fraction of sp³-hybridized carbons (Fsp3) is 0.409. The van der Waals surface area contributed by atoms with Gasteiger partial charge in [-0.25, -0.2) is 4.39 Å². The number of amides is 1. The van der Waals surface area contributed by atoms with Crippen molar-refractivity contribution in [3.05, 3.63) is 58.4 Å². The molecule has 1 atom stereocenters. The molecule has 0 aromatic heterocycles.